The van der Waals surface area contributed by atoms with Crippen molar-refractivity contribution < 1.29 is 4.65 Å². The second-order valence-corrected chi connectivity index (χ2v) is 8.02. The smallest absolute Gasteiger partial charge is 0.361 e. The van der Waals surface area contributed by atoms with E-state index in [1.807, 2.05) is 38.1 Å². The SMILES string of the molecule is Cc1ccc(B(OCCC2CCCCN2)c2ccc(C)c(Cl)c2)cc1Cl. The maximum absolute atomic E-state index is 6.37. The number of hydrogen-bond acceptors (Lipinski definition) is 2. The Kier molecular flexibility index (Phi) is 7.05. The van der Waals surface area contributed by atoms with Crippen molar-refractivity contribution in [2.45, 2.75) is 45.6 Å². The van der Waals surface area contributed by atoms with Crippen LogP contribution in [0.4, 0.5) is 0 Å². The molecule has 1 aliphatic rings. The molecule has 26 heavy (non-hydrogen) atoms. The van der Waals surface area contributed by atoms with Crippen LogP contribution in [0.25, 0.3) is 0 Å². The number of halogens is 2. The van der Waals surface area contributed by atoms with Gasteiger partial charge in [-0.15, -0.1) is 0 Å². The summed E-state index contributed by atoms with van der Waals surface area (Å²) in [7, 11) is 0. The normalized spacial score (nSPS) is 17.3. The predicted molar refractivity (Wildman–Crippen MR) is 114 cm³/mol. The monoisotopic (exact) mass is 389 g/mol. The highest BCUT2D eigenvalue weighted by molar-refractivity contribution is 6.80. The van der Waals surface area contributed by atoms with Gasteiger partial charge in [-0.2, -0.15) is 0 Å². The Morgan fingerprint density at radius 1 is 1.00 bits per heavy atom. The van der Waals surface area contributed by atoms with E-state index in [-0.39, 0.29) is 6.92 Å². The molecular weight excluding hydrogens is 364 g/mol. The standard InChI is InChI=1S/C21H26BCl2NO/c1-15-6-8-17(13-20(15)23)22(18-9-7-16(2)21(24)14-18)26-12-10-19-5-3-4-11-25-19/h6-9,13-14,19,25H,3-5,10-12H2,1-2H3. The fourth-order valence-corrected chi connectivity index (χ4v) is 3.81. The molecule has 0 bridgehead atoms. The lowest BCUT2D eigenvalue weighted by molar-refractivity contribution is 0.276. The van der Waals surface area contributed by atoms with Gasteiger partial charge < -0.3 is 9.97 Å². The minimum absolute atomic E-state index is 0.158. The van der Waals surface area contributed by atoms with Crippen LogP contribution < -0.4 is 16.2 Å². The molecule has 0 spiro atoms. The van der Waals surface area contributed by atoms with Gasteiger partial charge in [-0.1, -0.05) is 53.9 Å². The van der Waals surface area contributed by atoms with Crippen molar-refractivity contribution in [2.75, 3.05) is 13.2 Å². The molecule has 1 fully saturated rings. The molecule has 0 aliphatic carbocycles. The van der Waals surface area contributed by atoms with E-state index in [1.54, 1.807) is 0 Å². The van der Waals surface area contributed by atoms with Gasteiger partial charge in [0, 0.05) is 22.7 Å². The number of aryl methyl sites for hydroxylation is 2. The Bertz CT molecular complexity index is 695. The van der Waals surface area contributed by atoms with E-state index < -0.39 is 0 Å². The quantitative estimate of drug-likeness (QED) is 0.745. The first-order valence-electron chi connectivity index (χ1n) is 9.41. The lowest BCUT2D eigenvalue weighted by atomic mass is 9.55. The molecule has 1 N–H and O–H groups in total. The molecule has 1 atom stereocenters. The number of nitrogens with one attached hydrogen (secondary N) is 1. The predicted octanol–water partition coefficient (Wildman–Crippen LogP) is 4.26. The third kappa shape index (κ3) is 5.04. The molecule has 0 aromatic heterocycles. The zero-order chi connectivity index (χ0) is 18.5. The summed E-state index contributed by atoms with van der Waals surface area (Å²) in [6, 6.07) is 12.9. The Balaban J connectivity index is 1.78. The molecule has 1 saturated heterocycles. The average molecular weight is 390 g/mol. The Hall–Kier alpha value is -0.995. The molecule has 1 heterocycles. The summed E-state index contributed by atoms with van der Waals surface area (Å²) < 4.78 is 6.35. The van der Waals surface area contributed by atoms with E-state index in [0.29, 0.717) is 12.6 Å². The minimum atomic E-state index is -0.158. The van der Waals surface area contributed by atoms with Crippen molar-refractivity contribution in [1.29, 1.82) is 0 Å². The van der Waals surface area contributed by atoms with Crippen molar-refractivity contribution in [3.63, 3.8) is 0 Å². The maximum Gasteiger partial charge on any atom is 0.361 e. The number of benzene rings is 2. The van der Waals surface area contributed by atoms with Crippen LogP contribution in [0.15, 0.2) is 36.4 Å². The summed E-state index contributed by atoms with van der Waals surface area (Å²) in [6.45, 7) is 5.70. The van der Waals surface area contributed by atoms with E-state index in [9.17, 15) is 0 Å². The molecule has 3 rings (SSSR count). The Morgan fingerprint density at radius 2 is 1.62 bits per heavy atom. The summed E-state index contributed by atoms with van der Waals surface area (Å²) in [6.07, 6.45) is 4.85. The molecule has 2 nitrogen and oxygen atoms in total. The van der Waals surface area contributed by atoms with Crippen LogP contribution in [-0.4, -0.2) is 26.1 Å². The number of piperidine rings is 1. The van der Waals surface area contributed by atoms with Crippen molar-refractivity contribution in [3.8, 4) is 0 Å². The third-order valence-electron chi connectivity index (χ3n) is 5.16. The van der Waals surface area contributed by atoms with Gasteiger partial charge in [-0.05, 0) is 73.8 Å². The molecule has 0 radical (unpaired) electrons. The zero-order valence-corrected chi connectivity index (χ0v) is 17.0. The first-order chi connectivity index (χ1) is 12.5. The molecule has 5 heteroatoms. The zero-order valence-electron chi connectivity index (χ0n) is 15.5. The summed E-state index contributed by atoms with van der Waals surface area (Å²) >= 11 is 12.7. The molecule has 0 amide bonds. The summed E-state index contributed by atoms with van der Waals surface area (Å²) in [4.78, 5) is 0. The lowest BCUT2D eigenvalue weighted by Gasteiger charge is -2.24. The van der Waals surface area contributed by atoms with Crippen LogP contribution >= 0.6 is 23.2 Å². The van der Waals surface area contributed by atoms with Gasteiger partial charge in [-0.25, -0.2) is 0 Å². The topological polar surface area (TPSA) is 21.3 Å². The van der Waals surface area contributed by atoms with E-state index >= 15 is 0 Å². The highest BCUT2D eigenvalue weighted by atomic mass is 35.5. The average Bonchev–Trinajstić information content (AvgIpc) is 2.65. The van der Waals surface area contributed by atoms with Gasteiger partial charge >= 0.3 is 6.92 Å². The van der Waals surface area contributed by atoms with E-state index in [1.165, 1.54) is 19.3 Å². The van der Waals surface area contributed by atoms with Crippen molar-refractivity contribution in [1.82, 2.24) is 5.32 Å². The summed E-state index contributed by atoms with van der Waals surface area (Å²) in [5, 5.41) is 5.12. The molecular formula is C21H26BCl2NO. The highest BCUT2D eigenvalue weighted by Crippen LogP contribution is 2.16. The number of rotatable bonds is 6. The molecule has 1 aliphatic heterocycles. The van der Waals surface area contributed by atoms with Gasteiger partial charge in [0.05, 0.1) is 0 Å². The number of hydrogen-bond donors (Lipinski definition) is 1. The van der Waals surface area contributed by atoms with Crippen LogP contribution in [0.5, 0.6) is 0 Å². The highest BCUT2D eigenvalue weighted by Gasteiger charge is 2.23. The third-order valence-corrected chi connectivity index (χ3v) is 5.97. The molecule has 2 aromatic carbocycles. The van der Waals surface area contributed by atoms with E-state index in [0.717, 1.165) is 45.1 Å². The fourth-order valence-electron chi connectivity index (χ4n) is 3.43. The summed E-state index contributed by atoms with van der Waals surface area (Å²) in [5.41, 5.74) is 4.28. The maximum atomic E-state index is 6.37. The minimum Gasteiger partial charge on any atom is -0.427 e. The first kappa shape index (κ1) is 19.8. The van der Waals surface area contributed by atoms with Gasteiger partial charge in [0.25, 0.3) is 0 Å². The Labute approximate surface area is 167 Å². The molecule has 1 unspecified atom stereocenters. The second-order valence-electron chi connectivity index (χ2n) is 7.20. The summed E-state index contributed by atoms with van der Waals surface area (Å²) in [5.74, 6) is 0. The van der Waals surface area contributed by atoms with E-state index in [2.05, 4.69) is 17.4 Å². The van der Waals surface area contributed by atoms with Crippen LogP contribution in [0.3, 0.4) is 0 Å². The van der Waals surface area contributed by atoms with Crippen molar-refractivity contribution >= 4 is 41.0 Å². The van der Waals surface area contributed by atoms with Crippen LogP contribution in [0, 0.1) is 13.8 Å². The largest absolute Gasteiger partial charge is 0.427 e. The van der Waals surface area contributed by atoms with Gasteiger partial charge in [0.1, 0.15) is 0 Å². The van der Waals surface area contributed by atoms with Crippen molar-refractivity contribution in [2.24, 2.45) is 0 Å². The van der Waals surface area contributed by atoms with Crippen molar-refractivity contribution in [3.05, 3.63) is 57.6 Å². The van der Waals surface area contributed by atoms with Gasteiger partial charge in [0.2, 0.25) is 0 Å². The second kappa shape index (κ2) is 9.28. The lowest BCUT2D eigenvalue weighted by Crippen LogP contribution is -2.46. The van der Waals surface area contributed by atoms with Crippen LogP contribution in [-0.2, 0) is 4.65 Å². The Morgan fingerprint density at radius 3 is 2.12 bits per heavy atom. The molecule has 0 saturated carbocycles. The first-order valence-corrected chi connectivity index (χ1v) is 10.2. The fraction of sp³-hybridized carbons (Fsp3) is 0.429. The van der Waals surface area contributed by atoms with Crippen LogP contribution in [0.1, 0.15) is 36.8 Å². The van der Waals surface area contributed by atoms with E-state index in [4.69, 9.17) is 27.9 Å². The van der Waals surface area contributed by atoms with Crippen LogP contribution in [0.2, 0.25) is 10.0 Å². The van der Waals surface area contributed by atoms with Gasteiger partial charge in [0.15, 0.2) is 0 Å². The molecule has 2 aromatic rings. The molecule has 138 valence electrons. The van der Waals surface area contributed by atoms with Gasteiger partial charge in [-0.3, -0.25) is 0 Å².